The number of ether oxygens (including phenoxy) is 1. The van der Waals surface area contributed by atoms with Crippen LogP contribution >= 0.6 is 0 Å². The molecule has 0 aromatic heterocycles. The van der Waals surface area contributed by atoms with Gasteiger partial charge in [0.05, 0.1) is 17.4 Å². The van der Waals surface area contributed by atoms with Crippen molar-refractivity contribution >= 4 is 11.7 Å². The average Bonchev–Trinajstić information content (AvgIpc) is 2.81. The summed E-state index contributed by atoms with van der Waals surface area (Å²) in [5.41, 5.74) is 2.07. The van der Waals surface area contributed by atoms with Gasteiger partial charge in [-0.25, -0.2) is 4.79 Å². The second kappa shape index (κ2) is 5.40. The minimum atomic E-state index is -0.882. The van der Waals surface area contributed by atoms with Crippen LogP contribution < -0.4 is 4.90 Å². The van der Waals surface area contributed by atoms with Gasteiger partial charge >= 0.3 is 5.97 Å². The molecule has 0 spiro atoms. The van der Waals surface area contributed by atoms with E-state index < -0.39 is 5.97 Å². The second-order valence-electron chi connectivity index (χ2n) is 4.84. The van der Waals surface area contributed by atoms with E-state index in [0.717, 1.165) is 37.2 Å². The number of nitrogens with zero attached hydrogens (tertiary/aromatic N) is 1. The number of hydrogen-bond acceptors (Lipinski definition) is 3. The third-order valence-electron chi connectivity index (χ3n) is 3.30. The first kappa shape index (κ1) is 12.9. The van der Waals surface area contributed by atoms with E-state index in [1.54, 1.807) is 6.07 Å². The molecule has 0 amide bonds. The summed E-state index contributed by atoms with van der Waals surface area (Å²) < 4.78 is 5.58. The number of rotatable bonds is 4. The van der Waals surface area contributed by atoms with Gasteiger partial charge < -0.3 is 14.7 Å². The predicted octanol–water partition coefficient (Wildman–Crippen LogP) is 2.31. The van der Waals surface area contributed by atoms with Crippen LogP contribution in [0.4, 0.5) is 5.69 Å². The summed E-state index contributed by atoms with van der Waals surface area (Å²) in [6.45, 7) is 3.46. The SMILES string of the molecule is Cc1ccc(N(C)CC2CCCO2)c(C(=O)O)c1. The van der Waals surface area contributed by atoms with Gasteiger partial charge in [-0.1, -0.05) is 11.6 Å². The second-order valence-corrected chi connectivity index (χ2v) is 4.84. The van der Waals surface area contributed by atoms with Crippen LogP contribution in [0, 0.1) is 6.92 Å². The van der Waals surface area contributed by atoms with Crippen LogP contribution in [0.15, 0.2) is 18.2 Å². The highest BCUT2D eigenvalue weighted by Gasteiger charge is 2.20. The number of aromatic carboxylic acids is 1. The molecule has 4 heteroatoms. The fourth-order valence-electron chi connectivity index (χ4n) is 2.35. The van der Waals surface area contributed by atoms with Crippen LogP contribution in [-0.2, 0) is 4.74 Å². The van der Waals surface area contributed by atoms with Crippen LogP contribution in [0.2, 0.25) is 0 Å². The molecule has 1 aliphatic heterocycles. The number of carboxylic acid groups (broad SMARTS) is 1. The Morgan fingerprint density at radius 3 is 2.94 bits per heavy atom. The summed E-state index contributed by atoms with van der Waals surface area (Å²) >= 11 is 0. The molecule has 1 heterocycles. The van der Waals surface area contributed by atoms with Crippen LogP contribution in [0.5, 0.6) is 0 Å². The number of anilines is 1. The minimum Gasteiger partial charge on any atom is -0.478 e. The lowest BCUT2D eigenvalue weighted by Crippen LogP contribution is -2.29. The molecule has 18 heavy (non-hydrogen) atoms. The average molecular weight is 249 g/mol. The number of hydrogen-bond donors (Lipinski definition) is 1. The molecule has 2 rings (SSSR count). The van der Waals surface area contributed by atoms with Crippen molar-refractivity contribution in [2.24, 2.45) is 0 Å². The lowest BCUT2D eigenvalue weighted by atomic mass is 10.1. The maximum absolute atomic E-state index is 11.3. The maximum atomic E-state index is 11.3. The van der Waals surface area contributed by atoms with Gasteiger partial charge in [-0.3, -0.25) is 0 Å². The molecule has 1 unspecified atom stereocenters. The van der Waals surface area contributed by atoms with Crippen molar-refractivity contribution in [3.05, 3.63) is 29.3 Å². The Labute approximate surface area is 107 Å². The molecule has 4 nitrogen and oxygen atoms in total. The molecule has 1 aromatic rings. The zero-order chi connectivity index (χ0) is 13.1. The largest absolute Gasteiger partial charge is 0.478 e. The van der Waals surface area contributed by atoms with Crippen molar-refractivity contribution in [2.45, 2.75) is 25.9 Å². The van der Waals surface area contributed by atoms with Crippen molar-refractivity contribution < 1.29 is 14.6 Å². The smallest absolute Gasteiger partial charge is 0.337 e. The Bertz CT molecular complexity index is 439. The van der Waals surface area contributed by atoms with E-state index in [2.05, 4.69) is 0 Å². The summed E-state index contributed by atoms with van der Waals surface area (Å²) in [4.78, 5) is 13.2. The molecule has 1 saturated heterocycles. The Morgan fingerprint density at radius 2 is 2.33 bits per heavy atom. The first-order valence-corrected chi connectivity index (χ1v) is 6.24. The summed E-state index contributed by atoms with van der Waals surface area (Å²) in [5.74, 6) is -0.882. The van der Waals surface area contributed by atoms with Gasteiger partial charge in [0.2, 0.25) is 0 Å². The van der Waals surface area contributed by atoms with Gasteiger partial charge in [-0.05, 0) is 31.9 Å². The molecule has 0 saturated carbocycles. The van der Waals surface area contributed by atoms with Gasteiger partial charge in [0.1, 0.15) is 0 Å². The molecule has 1 fully saturated rings. The normalized spacial score (nSPS) is 18.9. The van der Waals surface area contributed by atoms with Crippen molar-refractivity contribution in [3.63, 3.8) is 0 Å². The molecule has 0 bridgehead atoms. The summed E-state index contributed by atoms with van der Waals surface area (Å²) in [7, 11) is 1.92. The zero-order valence-electron chi connectivity index (χ0n) is 10.8. The van der Waals surface area contributed by atoms with Crippen LogP contribution in [0.25, 0.3) is 0 Å². The minimum absolute atomic E-state index is 0.220. The van der Waals surface area contributed by atoms with E-state index in [4.69, 9.17) is 4.74 Å². The number of aryl methyl sites for hydroxylation is 1. The van der Waals surface area contributed by atoms with Crippen LogP contribution in [0.1, 0.15) is 28.8 Å². The lowest BCUT2D eigenvalue weighted by Gasteiger charge is -2.24. The zero-order valence-corrected chi connectivity index (χ0v) is 10.8. The van der Waals surface area contributed by atoms with Crippen molar-refractivity contribution in [1.29, 1.82) is 0 Å². The molecule has 1 aliphatic rings. The van der Waals surface area contributed by atoms with E-state index in [1.807, 2.05) is 31.0 Å². The van der Waals surface area contributed by atoms with Crippen molar-refractivity contribution in [2.75, 3.05) is 25.1 Å². The van der Waals surface area contributed by atoms with E-state index in [-0.39, 0.29) is 6.10 Å². The molecule has 98 valence electrons. The maximum Gasteiger partial charge on any atom is 0.337 e. The quantitative estimate of drug-likeness (QED) is 0.889. The number of likely N-dealkylation sites (N-methyl/N-ethyl adjacent to an activating group) is 1. The summed E-state index contributed by atoms with van der Waals surface area (Å²) in [6.07, 6.45) is 2.37. The lowest BCUT2D eigenvalue weighted by molar-refractivity contribution is 0.0697. The Morgan fingerprint density at radius 1 is 1.56 bits per heavy atom. The highest BCUT2D eigenvalue weighted by Crippen LogP contribution is 2.23. The summed E-state index contributed by atoms with van der Waals surface area (Å²) in [5, 5.41) is 9.24. The first-order valence-electron chi connectivity index (χ1n) is 6.24. The molecule has 1 N–H and O–H groups in total. The van der Waals surface area contributed by atoms with E-state index in [9.17, 15) is 9.90 Å². The Hall–Kier alpha value is -1.55. The molecule has 1 aromatic carbocycles. The summed E-state index contributed by atoms with van der Waals surface area (Å²) in [6, 6.07) is 5.52. The van der Waals surface area contributed by atoms with Gasteiger partial charge in [-0.2, -0.15) is 0 Å². The predicted molar refractivity (Wildman–Crippen MR) is 70.4 cm³/mol. The molecule has 0 radical (unpaired) electrons. The van der Waals surface area contributed by atoms with Crippen molar-refractivity contribution in [1.82, 2.24) is 0 Å². The van der Waals surface area contributed by atoms with Crippen molar-refractivity contribution in [3.8, 4) is 0 Å². The molecule has 0 aliphatic carbocycles. The Balaban J connectivity index is 2.17. The van der Waals surface area contributed by atoms with Crippen LogP contribution in [0.3, 0.4) is 0 Å². The van der Waals surface area contributed by atoms with Gasteiger partial charge in [0.15, 0.2) is 0 Å². The number of carbonyl (C=O) groups is 1. The van der Waals surface area contributed by atoms with E-state index >= 15 is 0 Å². The van der Waals surface area contributed by atoms with Gasteiger partial charge in [0.25, 0.3) is 0 Å². The highest BCUT2D eigenvalue weighted by molar-refractivity contribution is 5.94. The van der Waals surface area contributed by atoms with Gasteiger partial charge in [0, 0.05) is 20.2 Å². The molecule has 1 atom stereocenters. The van der Waals surface area contributed by atoms with E-state index in [1.165, 1.54) is 0 Å². The third kappa shape index (κ3) is 2.82. The fourth-order valence-corrected chi connectivity index (χ4v) is 2.35. The standard InChI is InChI=1S/C14H19NO3/c1-10-5-6-13(12(8-10)14(16)17)15(2)9-11-4-3-7-18-11/h5-6,8,11H,3-4,7,9H2,1-2H3,(H,16,17). The first-order chi connectivity index (χ1) is 8.58. The highest BCUT2D eigenvalue weighted by atomic mass is 16.5. The number of carboxylic acids is 1. The number of benzene rings is 1. The topological polar surface area (TPSA) is 49.8 Å². The monoisotopic (exact) mass is 249 g/mol. The molecular formula is C14H19NO3. The van der Waals surface area contributed by atoms with E-state index in [0.29, 0.717) is 5.56 Å². The molecular weight excluding hydrogens is 230 g/mol. The fraction of sp³-hybridized carbons (Fsp3) is 0.500. The Kier molecular flexibility index (Phi) is 3.87. The van der Waals surface area contributed by atoms with Crippen LogP contribution in [-0.4, -0.2) is 37.4 Å². The third-order valence-corrected chi connectivity index (χ3v) is 3.30. The van der Waals surface area contributed by atoms with Gasteiger partial charge in [-0.15, -0.1) is 0 Å².